The molecule has 1 aromatic rings. The van der Waals surface area contributed by atoms with Crippen LogP contribution >= 0.6 is 0 Å². The molecular weight excluding hydrogens is 326 g/mol. The third-order valence-corrected chi connectivity index (χ3v) is 6.07. The minimum atomic E-state index is -0.455. The zero-order chi connectivity index (χ0) is 18.9. The second-order valence-electron chi connectivity index (χ2n) is 8.42. The number of nitriles is 1. The molecule has 5 heteroatoms. The van der Waals surface area contributed by atoms with E-state index in [2.05, 4.69) is 37.2 Å². The highest BCUT2D eigenvalue weighted by atomic mass is 16.3. The van der Waals surface area contributed by atoms with Crippen LogP contribution in [0.4, 0.5) is 0 Å². The number of hydrogen-bond acceptors (Lipinski definition) is 4. The lowest BCUT2D eigenvalue weighted by atomic mass is 9.66. The summed E-state index contributed by atoms with van der Waals surface area (Å²) in [6.07, 6.45) is 2.23. The number of carbonyl (C=O) groups is 1. The van der Waals surface area contributed by atoms with Gasteiger partial charge in [-0.15, -0.1) is 0 Å². The first kappa shape index (κ1) is 18.9. The van der Waals surface area contributed by atoms with Gasteiger partial charge in [0.05, 0.1) is 23.8 Å². The van der Waals surface area contributed by atoms with Gasteiger partial charge in [0.1, 0.15) is 0 Å². The zero-order valence-corrected chi connectivity index (χ0v) is 15.9. The zero-order valence-electron chi connectivity index (χ0n) is 15.9. The molecular formula is C21H29N3O2. The first-order valence-electron chi connectivity index (χ1n) is 9.51. The molecule has 1 saturated heterocycles. The van der Waals surface area contributed by atoms with Gasteiger partial charge in [0.15, 0.2) is 0 Å². The van der Waals surface area contributed by atoms with Gasteiger partial charge in [-0.1, -0.05) is 26.0 Å². The van der Waals surface area contributed by atoms with Crippen LogP contribution in [0.1, 0.15) is 44.2 Å². The van der Waals surface area contributed by atoms with Crippen LogP contribution in [0.2, 0.25) is 0 Å². The molecule has 0 aromatic heterocycles. The second kappa shape index (κ2) is 7.38. The molecule has 1 heterocycles. The van der Waals surface area contributed by atoms with E-state index in [0.29, 0.717) is 30.4 Å². The van der Waals surface area contributed by atoms with Gasteiger partial charge in [-0.2, -0.15) is 5.26 Å². The van der Waals surface area contributed by atoms with Gasteiger partial charge in [-0.25, -0.2) is 0 Å². The van der Waals surface area contributed by atoms with E-state index in [-0.39, 0.29) is 17.4 Å². The van der Waals surface area contributed by atoms with Crippen molar-refractivity contribution in [2.24, 2.45) is 11.3 Å². The molecule has 5 nitrogen and oxygen atoms in total. The number of amides is 1. The first-order chi connectivity index (χ1) is 12.3. The summed E-state index contributed by atoms with van der Waals surface area (Å²) in [5.74, 6) is 0.538. The van der Waals surface area contributed by atoms with Crippen molar-refractivity contribution in [3.8, 4) is 6.07 Å². The normalized spacial score (nSPS) is 31.0. The van der Waals surface area contributed by atoms with Gasteiger partial charge in [-0.3, -0.25) is 4.79 Å². The summed E-state index contributed by atoms with van der Waals surface area (Å²) in [6, 6.07) is 9.77. The van der Waals surface area contributed by atoms with E-state index in [1.54, 1.807) is 12.1 Å². The molecule has 2 unspecified atom stereocenters. The SMILES string of the molecule is CC(C)C1N(C)CC12C[C@@H](O)[C@H](NC(=O)CCc1ccc(C#N)cc1)C2. The highest BCUT2D eigenvalue weighted by molar-refractivity contribution is 5.76. The molecule has 26 heavy (non-hydrogen) atoms. The Balaban J connectivity index is 1.52. The van der Waals surface area contributed by atoms with Crippen LogP contribution in [0.15, 0.2) is 24.3 Å². The van der Waals surface area contributed by atoms with E-state index in [0.717, 1.165) is 24.9 Å². The minimum Gasteiger partial charge on any atom is -0.391 e. The maximum Gasteiger partial charge on any atom is 0.220 e. The lowest BCUT2D eigenvalue weighted by Crippen LogP contribution is -2.64. The third-order valence-electron chi connectivity index (χ3n) is 6.07. The van der Waals surface area contributed by atoms with Gasteiger partial charge in [-0.05, 0) is 49.9 Å². The van der Waals surface area contributed by atoms with E-state index in [9.17, 15) is 9.90 Å². The predicted molar refractivity (Wildman–Crippen MR) is 100 cm³/mol. The number of hydrogen-bond donors (Lipinski definition) is 2. The molecule has 1 spiro atoms. The molecule has 1 aliphatic carbocycles. The van der Waals surface area contributed by atoms with Crippen molar-refractivity contribution in [1.29, 1.82) is 5.26 Å². The maximum absolute atomic E-state index is 12.4. The summed E-state index contributed by atoms with van der Waals surface area (Å²) in [5, 5.41) is 22.4. The van der Waals surface area contributed by atoms with Crippen LogP contribution < -0.4 is 5.32 Å². The summed E-state index contributed by atoms with van der Waals surface area (Å²) < 4.78 is 0. The molecule has 140 valence electrons. The molecule has 1 amide bonds. The second-order valence-corrected chi connectivity index (χ2v) is 8.42. The van der Waals surface area contributed by atoms with Gasteiger partial charge in [0, 0.05) is 24.4 Å². The third kappa shape index (κ3) is 3.62. The average molecular weight is 355 g/mol. The van der Waals surface area contributed by atoms with E-state index in [4.69, 9.17) is 5.26 Å². The molecule has 0 radical (unpaired) electrons. The number of aliphatic hydroxyl groups is 1. The van der Waals surface area contributed by atoms with E-state index in [1.807, 2.05) is 12.1 Å². The fraction of sp³-hybridized carbons (Fsp3) is 0.619. The van der Waals surface area contributed by atoms with Gasteiger partial charge in [0.25, 0.3) is 0 Å². The molecule has 2 N–H and O–H groups in total. The molecule has 4 atom stereocenters. The Bertz CT molecular complexity index is 689. The molecule has 2 fully saturated rings. The van der Waals surface area contributed by atoms with Gasteiger partial charge in [0.2, 0.25) is 5.91 Å². The number of rotatable bonds is 5. The number of likely N-dealkylation sites (tertiary alicyclic amines) is 1. The Labute approximate surface area is 156 Å². The summed E-state index contributed by atoms with van der Waals surface area (Å²) >= 11 is 0. The Kier molecular flexibility index (Phi) is 5.36. The smallest absolute Gasteiger partial charge is 0.220 e. The number of benzene rings is 1. The van der Waals surface area contributed by atoms with Crippen molar-refractivity contribution in [1.82, 2.24) is 10.2 Å². The number of nitrogens with one attached hydrogen (secondary N) is 1. The monoisotopic (exact) mass is 355 g/mol. The average Bonchev–Trinajstić information content (AvgIpc) is 2.90. The van der Waals surface area contributed by atoms with Crippen LogP contribution in [0.3, 0.4) is 0 Å². The summed E-state index contributed by atoms with van der Waals surface area (Å²) in [6.45, 7) is 5.47. The van der Waals surface area contributed by atoms with Crippen molar-refractivity contribution in [2.45, 2.75) is 57.7 Å². The Morgan fingerprint density at radius 3 is 2.65 bits per heavy atom. The van der Waals surface area contributed by atoms with E-state index in [1.165, 1.54) is 0 Å². The van der Waals surface area contributed by atoms with Crippen molar-refractivity contribution in [2.75, 3.05) is 13.6 Å². The summed E-state index contributed by atoms with van der Waals surface area (Å²) in [5.41, 5.74) is 1.82. The molecule has 3 rings (SSSR count). The molecule has 2 aliphatic rings. The number of aryl methyl sites for hydroxylation is 1. The number of aliphatic hydroxyl groups excluding tert-OH is 1. The van der Waals surface area contributed by atoms with Crippen LogP contribution in [0.5, 0.6) is 0 Å². The van der Waals surface area contributed by atoms with Crippen molar-refractivity contribution in [3.05, 3.63) is 35.4 Å². The largest absolute Gasteiger partial charge is 0.391 e. The fourth-order valence-corrected chi connectivity index (χ4v) is 5.28. The Morgan fingerprint density at radius 1 is 1.38 bits per heavy atom. The topological polar surface area (TPSA) is 76.4 Å². The molecule has 1 aliphatic heterocycles. The summed E-state index contributed by atoms with van der Waals surface area (Å²) in [7, 11) is 2.14. The lowest BCUT2D eigenvalue weighted by molar-refractivity contribution is -0.122. The van der Waals surface area contributed by atoms with Crippen molar-refractivity contribution >= 4 is 5.91 Å². The van der Waals surface area contributed by atoms with Gasteiger partial charge < -0.3 is 15.3 Å². The van der Waals surface area contributed by atoms with E-state index < -0.39 is 6.10 Å². The van der Waals surface area contributed by atoms with Crippen LogP contribution in [0, 0.1) is 22.7 Å². The lowest BCUT2D eigenvalue weighted by Gasteiger charge is -2.57. The molecule has 0 bridgehead atoms. The highest BCUT2D eigenvalue weighted by Gasteiger charge is 2.58. The highest BCUT2D eigenvalue weighted by Crippen LogP contribution is 2.52. The summed E-state index contributed by atoms with van der Waals surface area (Å²) in [4.78, 5) is 14.7. The van der Waals surface area contributed by atoms with Gasteiger partial charge >= 0.3 is 0 Å². The Hall–Kier alpha value is -1.90. The maximum atomic E-state index is 12.4. The molecule has 1 aromatic carbocycles. The van der Waals surface area contributed by atoms with E-state index >= 15 is 0 Å². The number of nitrogens with zero attached hydrogens (tertiary/aromatic N) is 2. The van der Waals surface area contributed by atoms with Crippen LogP contribution in [0.25, 0.3) is 0 Å². The van der Waals surface area contributed by atoms with Crippen LogP contribution in [-0.2, 0) is 11.2 Å². The Morgan fingerprint density at radius 2 is 2.08 bits per heavy atom. The van der Waals surface area contributed by atoms with Crippen molar-refractivity contribution < 1.29 is 9.90 Å². The quantitative estimate of drug-likeness (QED) is 0.848. The fourth-order valence-electron chi connectivity index (χ4n) is 5.28. The number of carbonyl (C=O) groups excluding carboxylic acids is 1. The van der Waals surface area contributed by atoms with Crippen LogP contribution in [-0.4, -0.2) is 47.7 Å². The minimum absolute atomic E-state index is 0.00997. The standard InChI is InChI=1S/C21H29N3O2/c1-14(2)20-21(13-24(20)3)10-17(18(25)11-21)23-19(26)9-8-15-4-6-16(12-22)7-5-15/h4-7,14,17-18,20,25H,8-11,13H2,1-3H3,(H,23,26)/t17-,18-,20?,21?/m1/s1. The predicted octanol–water partition coefficient (Wildman–Crippen LogP) is 2.09. The molecule has 1 saturated carbocycles. The first-order valence-corrected chi connectivity index (χ1v) is 9.51. The van der Waals surface area contributed by atoms with Crippen molar-refractivity contribution in [3.63, 3.8) is 0 Å².